The summed E-state index contributed by atoms with van der Waals surface area (Å²) in [5.74, 6) is 4.44. The summed E-state index contributed by atoms with van der Waals surface area (Å²) in [4.78, 5) is 57.9. The molecule has 0 aliphatic carbocycles. The van der Waals surface area contributed by atoms with Crippen LogP contribution in [-0.2, 0) is 61.1 Å². The molecule has 0 bridgehead atoms. The molecule has 630 valence electrons. The van der Waals surface area contributed by atoms with E-state index < -0.39 is 51.6 Å². The Hall–Kier alpha value is -12.3. The van der Waals surface area contributed by atoms with Gasteiger partial charge in [0, 0.05) is 59.9 Å². The standard InChI is InChI=1S/C17H23N3O4.C12H13N3O3.2C12H15N3O2.C8H9N3O2.C8H5NO.C5H10O3.C2H4O2.CH4.2ClH.H3NO/c1-16(2,3)23-15(21)18-10-11-7-6-8-12(9-11)13-19-14(24-20-13)17(4,5)22;1-12(2,16)11-14-10(15-18-11)9-5-3-4-8(6-9)7-13-17;2*1-12(2,16)11-14-10(15-17-11)9-5-3-4-8(6-9)7-13;9-8(11-13)7-3-1-2-6(4-7)5-10-12;9-5-7-2-1-3-8(4-7)6-10;1-5(2,7)4(6)8-3;1-2(3)4;;;;1-2/h6-9,22H,10H2,1-5H3,(H,18,21);3-7,16-17H,1-2H3;2*3-6,16H,7,13H2,1-2H3;1-5,12-13H,(H2,9,11);1-4,6H;7H,1-3H3;1H3,(H,3,4);1H4;2*1H;2H,1H2/b;13-7+;;;10-5+;;;;;;;. The quantitative estimate of drug-likeness (QED) is 0.0101. The number of hydrogen-bond acceptors (Lipinski definition) is 34. The fraction of sp³-hybridized carbons (Fsp3) is 0.325. The predicted octanol–water partition coefficient (Wildman–Crippen LogP) is 10.4. The average molecular weight is 1660 g/mol. The van der Waals surface area contributed by atoms with E-state index in [4.69, 9.17) is 81.1 Å². The number of nitrogens with one attached hydrogen (secondary N) is 1. The number of methoxy groups -OCH3 is 1. The second kappa shape index (κ2) is 50.7. The highest BCUT2D eigenvalue weighted by Crippen LogP contribution is 2.27. The molecule has 0 spiro atoms. The van der Waals surface area contributed by atoms with Crippen LogP contribution in [0.3, 0.4) is 0 Å². The number of esters is 1. The fourth-order valence-corrected chi connectivity index (χ4v) is 8.00. The van der Waals surface area contributed by atoms with Gasteiger partial charge in [0.1, 0.15) is 34.3 Å². The van der Waals surface area contributed by atoms with Gasteiger partial charge in [0.05, 0.1) is 31.2 Å². The van der Waals surface area contributed by atoms with Crippen molar-refractivity contribution in [1.82, 2.24) is 45.9 Å². The van der Waals surface area contributed by atoms with Crippen LogP contribution < -0.4 is 28.4 Å². The van der Waals surface area contributed by atoms with Crippen molar-refractivity contribution in [2.75, 3.05) is 7.11 Å². The van der Waals surface area contributed by atoms with Crippen molar-refractivity contribution in [3.63, 3.8) is 0 Å². The van der Waals surface area contributed by atoms with Crippen molar-refractivity contribution in [2.45, 2.75) is 158 Å². The maximum Gasteiger partial charge on any atom is 0.407 e. The number of aliphatic hydroxyl groups is 5. The first kappa shape index (κ1) is 106. The minimum Gasteiger partial charge on any atom is -0.481 e. The summed E-state index contributed by atoms with van der Waals surface area (Å²) in [5.41, 5.74) is 19.0. The Morgan fingerprint density at radius 2 is 0.853 bits per heavy atom. The van der Waals surface area contributed by atoms with Gasteiger partial charge in [-0.3, -0.25) is 9.59 Å². The summed E-state index contributed by atoms with van der Waals surface area (Å²) < 4.78 is 29.5. The topological polar surface area (TPSA) is 622 Å². The number of aliphatic carboxylic acids is 1. The lowest BCUT2D eigenvalue weighted by molar-refractivity contribution is -0.158. The molecule has 0 aliphatic heterocycles. The summed E-state index contributed by atoms with van der Waals surface area (Å²) in [5, 5.41) is 122. The number of amidine groups is 1. The van der Waals surface area contributed by atoms with E-state index in [2.05, 4.69) is 72.0 Å². The molecular weight excluding hydrogens is 1550 g/mol. The van der Waals surface area contributed by atoms with Gasteiger partial charge in [0.15, 0.2) is 11.4 Å². The van der Waals surface area contributed by atoms with E-state index in [9.17, 15) is 34.8 Å². The number of aromatic nitrogens is 8. The van der Waals surface area contributed by atoms with Crippen molar-refractivity contribution < 1.29 is 98.2 Å². The second-order valence-corrected chi connectivity index (χ2v) is 26.9. The van der Waals surface area contributed by atoms with Crippen molar-refractivity contribution in [3.05, 3.63) is 214 Å². The van der Waals surface area contributed by atoms with Crippen LogP contribution in [0.2, 0.25) is 0 Å². The Kier molecular flexibility index (Phi) is 46.2. The van der Waals surface area contributed by atoms with Gasteiger partial charge >= 0.3 is 12.1 Å². The molecule has 4 heterocycles. The van der Waals surface area contributed by atoms with Gasteiger partial charge in [-0.05, 0) is 160 Å². The van der Waals surface area contributed by atoms with Crippen molar-refractivity contribution >= 4 is 67.4 Å². The number of halogens is 2. The summed E-state index contributed by atoms with van der Waals surface area (Å²) >= 11 is 0. The van der Waals surface area contributed by atoms with E-state index in [1.807, 2.05) is 99.6 Å². The van der Waals surface area contributed by atoms with E-state index in [-0.39, 0.29) is 61.6 Å². The first-order valence-electron chi connectivity index (χ1n) is 33.6. The number of carbonyl (C=O) groups is 4. The molecule has 10 aromatic rings. The normalized spacial score (nSPS) is 10.9. The molecule has 0 radical (unpaired) electrons. The summed E-state index contributed by atoms with van der Waals surface area (Å²) in [6, 6.07) is 44.9. The number of hydrogen-bond donors (Lipinski definition) is 15. The van der Waals surface area contributed by atoms with Crippen molar-refractivity contribution in [3.8, 4) is 51.6 Å². The number of benzene rings is 6. The van der Waals surface area contributed by atoms with Gasteiger partial charge in [0.2, 0.25) is 23.3 Å². The number of nitriles is 1. The third-order valence-electron chi connectivity index (χ3n) is 13.3. The van der Waals surface area contributed by atoms with Crippen LogP contribution in [0.4, 0.5) is 4.79 Å². The number of alkyl carbamates (subject to hydrolysis) is 1. The zero-order valence-electron chi connectivity index (χ0n) is 65.8. The molecule has 116 heavy (non-hydrogen) atoms. The Labute approximate surface area is 682 Å². The Morgan fingerprint density at radius 3 is 1.16 bits per heavy atom. The summed E-state index contributed by atoms with van der Waals surface area (Å²) in [7, 11) is 1.24. The highest BCUT2D eigenvalue weighted by atomic mass is 35.5. The molecule has 1 amide bonds. The molecule has 0 aliphatic rings. The van der Waals surface area contributed by atoms with Crippen LogP contribution in [0, 0.1) is 11.3 Å². The number of amides is 1. The van der Waals surface area contributed by atoms with Crippen LogP contribution in [0.1, 0.15) is 177 Å². The maximum atomic E-state index is 11.7. The van der Waals surface area contributed by atoms with E-state index in [1.54, 1.807) is 128 Å². The lowest BCUT2D eigenvalue weighted by Crippen LogP contribution is -2.32. The number of ether oxygens (including phenoxy) is 2. The molecular formula is C77H103Cl2N17O20. The Balaban J connectivity index is 0. The van der Waals surface area contributed by atoms with Crippen LogP contribution in [-0.4, -0.2) is 153 Å². The molecule has 0 saturated heterocycles. The molecule has 0 unspecified atom stereocenters. The Bertz CT molecular complexity index is 4630. The van der Waals surface area contributed by atoms with Crippen molar-refractivity contribution in [2.24, 2.45) is 38.6 Å². The predicted molar refractivity (Wildman–Crippen MR) is 432 cm³/mol. The number of carboxylic acids is 1. The number of carboxylic acid groups (broad SMARTS) is 1. The molecule has 37 nitrogen and oxygen atoms in total. The number of nitrogens with two attached hydrogens (primary N) is 4. The van der Waals surface area contributed by atoms with E-state index in [1.165, 1.54) is 33.4 Å². The summed E-state index contributed by atoms with van der Waals surface area (Å²) in [6.07, 6.45) is 2.81. The average Bonchev–Trinajstić information content (AvgIpc) is 1.66. The first-order chi connectivity index (χ1) is 52.9. The zero-order chi connectivity index (χ0) is 85.5. The van der Waals surface area contributed by atoms with E-state index >= 15 is 0 Å². The third-order valence-corrected chi connectivity index (χ3v) is 13.3. The van der Waals surface area contributed by atoms with Gasteiger partial charge in [-0.1, -0.05) is 147 Å². The minimum atomic E-state index is -1.35. The number of nitrogens with zero attached hydrogens (tertiary/aromatic N) is 12. The Morgan fingerprint density at radius 1 is 0.526 bits per heavy atom. The lowest BCUT2D eigenvalue weighted by Gasteiger charge is -2.19. The molecule has 10 rings (SSSR count). The van der Waals surface area contributed by atoms with Gasteiger partial charge in [-0.2, -0.15) is 25.2 Å². The monoisotopic (exact) mass is 1660 g/mol. The SMILES string of the molecule is C.CC(=O)O.CC(C)(C)OC(=O)NCc1cccc(-c2noc(C(C)(C)O)n2)c1.CC(C)(O)c1nc(-c2cccc(/C=N/O)c2)no1.CC(C)(O)c1nc(-c2cccc(CN)c2)no1.CC(C)(O)c1nc(-c2cccc(CN)c2)no1.COC(=O)C(C)(C)O.Cl.Cl.N#Cc1cccc(C=O)c1.N/C(=N\O)c1cccc(/C=N/O)c1.NO. The number of oxime groups is 3. The van der Waals surface area contributed by atoms with Crippen LogP contribution in [0.25, 0.3) is 45.6 Å². The van der Waals surface area contributed by atoms with Crippen LogP contribution >= 0.6 is 24.8 Å². The highest BCUT2D eigenvalue weighted by Gasteiger charge is 2.29. The molecule has 0 saturated carbocycles. The number of carbonyl (C=O) groups excluding carboxylic acids is 3. The van der Waals surface area contributed by atoms with Gasteiger partial charge in [0.25, 0.3) is 29.5 Å². The number of rotatable bonds is 17. The van der Waals surface area contributed by atoms with Gasteiger partial charge in [-0.25, -0.2) is 15.5 Å². The first-order valence-corrected chi connectivity index (χ1v) is 33.6. The minimum absolute atomic E-state index is 0. The molecule has 0 atom stereocenters. The molecule has 4 aromatic heterocycles. The van der Waals surface area contributed by atoms with Gasteiger partial charge in [-0.15, -0.1) is 24.8 Å². The molecule has 6 aromatic carbocycles. The van der Waals surface area contributed by atoms with E-state index in [0.29, 0.717) is 76.3 Å². The highest BCUT2D eigenvalue weighted by molar-refractivity contribution is 5.98. The lowest BCUT2D eigenvalue weighted by atomic mass is 10.1. The fourth-order valence-electron chi connectivity index (χ4n) is 8.00. The van der Waals surface area contributed by atoms with E-state index in [0.717, 1.165) is 46.6 Å². The molecule has 19 N–H and O–H groups in total. The molecule has 0 fully saturated rings. The maximum absolute atomic E-state index is 11.7. The smallest absolute Gasteiger partial charge is 0.407 e. The van der Waals surface area contributed by atoms with Crippen LogP contribution in [0.5, 0.6) is 0 Å². The largest absolute Gasteiger partial charge is 0.481 e. The van der Waals surface area contributed by atoms with Crippen LogP contribution in [0.15, 0.2) is 179 Å². The molecule has 39 heteroatoms. The third kappa shape index (κ3) is 39.4. The summed E-state index contributed by atoms with van der Waals surface area (Å²) in [6.45, 7) is 23.2. The second-order valence-electron chi connectivity index (χ2n) is 26.9. The zero-order valence-corrected chi connectivity index (χ0v) is 67.4. The van der Waals surface area contributed by atoms with Crippen molar-refractivity contribution in [1.29, 1.82) is 5.26 Å². The van der Waals surface area contributed by atoms with Gasteiger partial charge < -0.3 is 102 Å². The number of aldehydes is 1.